The number of para-hydroxylation sites is 2. The van der Waals surface area contributed by atoms with Crippen LogP contribution in [0, 0.1) is 0 Å². The van der Waals surface area contributed by atoms with Gasteiger partial charge in [-0.15, -0.1) is 0 Å². The van der Waals surface area contributed by atoms with Crippen molar-refractivity contribution in [2.24, 2.45) is 0 Å². The molecule has 10 rings (SSSR count). The van der Waals surface area contributed by atoms with Gasteiger partial charge in [0.25, 0.3) is 0 Å². The monoisotopic (exact) mass is 641 g/mol. The first kappa shape index (κ1) is 28.9. The van der Waals surface area contributed by atoms with Crippen LogP contribution in [-0.2, 0) is 5.41 Å². The zero-order chi connectivity index (χ0) is 33.6. The first-order valence-electron chi connectivity index (χ1n) is 17.4. The molecule has 0 fully saturated rings. The summed E-state index contributed by atoms with van der Waals surface area (Å²) in [4.78, 5) is 2.34. The van der Waals surface area contributed by atoms with E-state index in [0.717, 1.165) is 39.0 Å². The molecule has 1 aliphatic rings. The van der Waals surface area contributed by atoms with E-state index < -0.39 is 0 Å². The highest BCUT2D eigenvalue weighted by atomic mass is 16.3. The van der Waals surface area contributed by atoms with Gasteiger partial charge in [-0.1, -0.05) is 99.6 Å². The molecule has 0 aliphatic heterocycles. The average Bonchev–Trinajstić information content (AvgIpc) is 3.51. The summed E-state index contributed by atoms with van der Waals surface area (Å²) in [5, 5.41) is 7.29. The van der Waals surface area contributed by atoms with E-state index in [1.165, 1.54) is 60.5 Å². The van der Waals surface area contributed by atoms with Crippen molar-refractivity contribution < 1.29 is 4.42 Å². The lowest BCUT2D eigenvalue weighted by Crippen LogP contribution is -2.10. The van der Waals surface area contributed by atoms with Crippen LogP contribution in [0.5, 0.6) is 0 Å². The Hall–Kier alpha value is -6.12. The van der Waals surface area contributed by atoms with Crippen LogP contribution < -0.4 is 4.90 Å². The molecule has 1 heterocycles. The van der Waals surface area contributed by atoms with Crippen molar-refractivity contribution in [2.75, 3.05) is 4.90 Å². The second kappa shape index (κ2) is 10.7. The van der Waals surface area contributed by atoms with Crippen molar-refractivity contribution >= 4 is 60.5 Å². The Labute approximate surface area is 291 Å². The number of nitrogens with zero attached hydrogens (tertiary/aromatic N) is 1. The van der Waals surface area contributed by atoms with Gasteiger partial charge in [0, 0.05) is 27.8 Å². The third kappa shape index (κ3) is 4.56. The fourth-order valence-corrected chi connectivity index (χ4v) is 7.77. The average molecular weight is 642 g/mol. The number of hydrogen-bond donors (Lipinski definition) is 0. The number of benzene rings is 8. The Bertz CT molecular complexity index is 2780. The lowest BCUT2D eigenvalue weighted by Gasteiger charge is -2.28. The quantitative estimate of drug-likeness (QED) is 0.190. The van der Waals surface area contributed by atoms with Crippen LogP contribution in [0.3, 0.4) is 0 Å². The summed E-state index contributed by atoms with van der Waals surface area (Å²) in [5.41, 5.74) is 14.5. The van der Waals surface area contributed by atoms with E-state index in [-0.39, 0.29) is 5.41 Å². The van der Waals surface area contributed by atoms with Gasteiger partial charge in [-0.25, -0.2) is 0 Å². The minimum atomic E-state index is 0.149. The minimum Gasteiger partial charge on any atom is -0.456 e. The van der Waals surface area contributed by atoms with Crippen molar-refractivity contribution in [2.45, 2.75) is 26.2 Å². The van der Waals surface area contributed by atoms with Gasteiger partial charge in [-0.2, -0.15) is 0 Å². The lowest BCUT2D eigenvalue weighted by molar-refractivity contribution is 0.590. The van der Waals surface area contributed by atoms with E-state index in [0.29, 0.717) is 0 Å². The second-order valence-electron chi connectivity index (χ2n) is 14.7. The molecule has 0 atom stereocenters. The number of rotatable bonds is 4. The topological polar surface area (TPSA) is 16.4 Å². The highest BCUT2D eigenvalue weighted by molar-refractivity contribution is 6.13. The van der Waals surface area contributed by atoms with Gasteiger partial charge >= 0.3 is 0 Å². The zero-order valence-electron chi connectivity index (χ0n) is 28.4. The predicted molar refractivity (Wildman–Crippen MR) is 212 cm³/mol. The molecule has 0 saturated heterocycles. The molecule has 0 unspecified atom stereocenters. The van der Waals surface area contributed by atoms with Crippen molar-refractivity contribution in [3.63, 3.8) is 0 Å². The second-order valence-corrected chi connectivity index (χ2v) is 14.7. The van der Waals surface area contributed by atoms with Gasteiger partial charge in [0.05, 0.1) is 0 Å². The molecule has 1 aromatic heterocycles. The molecular formula is C48H35NO. The lowest BCUT2D eigenvalue weighted by atomic mass is 9.77. The van der Waals surface area contributed by atoms with Crippen LogP contribution >= 0.6 is 0 Å². The Morgan fingerprint density at radius 1 is 0.400 bits per heavy atom. The predicted octanol–water partition coefficient (Wildman–Crippen LogP) is 14.0. The highest BCUT2D eigenvalue weighted by Gasteiger charge is 2.24. The molecule has 2 heteroatoms. The van der Waals surface area contributed by atoms with E-state index in [9.17, 15) is 0 Å². The van der Waals surface area contributed by atoms with Gasteiger partial charge in [-0.3, -0.25) is 0 Å². The molecule has 1 aliphatic carbocycles. The van der Waals surface area contributed by atoms with E-state index in [4.69, 9.17) is 4.42 Å². The Morgan fingerprint density at radius 2 is 0.960 bits per heavy atom. The first-order chi connectivity index (χ1) is 24.4. The number of fused-ring (bicyclic) bond motifs is 9. The molecule has 2 nitrogen and oxygen atoms in total. The molecule has 0 saturated carbocycles. The number of anilines is 3. The fourth-order valence-electron chi connectivity index (χ4n) is 7.77. The molecule has 0 radical (unpaired) electrons. The van der Waals surface area contributed by atoms with E-state index in [1.807, 2.05) is 12.1 Å². The van der Waals surface area contributed by atoms with Crippen LogP contribution in [0.2, 0.25) is 0 Å². The summed E-state index contributed by atoms with van der Waals surface area (Å²) in [6.45, 7) is 6.79. The summed E-state index contributed by atoms with van der Waals surface area (Å²) in [7, 11) is 0. The standard InChI is InChI=1S/C48H35NO/c1-48(2,3)36-18-15-30(16-19-36)31-13-14-32-25-41-43(27-34(32)23-31)42-26-33-17-20-38(24-35(33)28-44(41)42)49(37-9-5-4-6-10-37)39-21-22-47-45(29-39)40-11-7-8-12-46(40)50-47/h4-29H,1-3H3. The van der Waals surface area contributed by atoms with E-state index >= 15 is 0 Å². The number of furan rings is 1. The molecule has 50 heavy (non-hydrogen) atoms. The maximum Gasteiger partial charge on any atom is 0.135 e. The van der Waals surface area contributed by atoms with Gasteiger partial charge in [0.15, 0.2) is 0 Å². The smallest absolute Gasteiger partial charge is 0.135 e. The Morgan fingerprint density at radius 3 is 1.68 bits per heavy atom. The van der Waals surface area contributed by atoms with Crippen molar-refractivity contribution in [3.8, 4) is 33.4 Å². The maximum absolute atomic E-state index is 6.16. The minimum absolute atomic E-state index is 0.149. The summed E-state index contributed by atoms with van der Waals surface area (Å²) in [5.74, 6) is 0. The fraction of sp³-hybridized carbons (Fsp3) is 0.0833. The Balaban J connectivity index is 1.04. The molecule has 0 N–H and O–H groups in total. The van der Waals surface area contributed by atoms with Gasteiger partial charge in [-0.05, 0) is 145 Å². The molecule has 0 amide bonds. The third-order valence-electron chi connectivity index (χ3n) is 10.5. The summed E-state index contributed by atoms with van der Waals surface area (Å²) in [6, 6.07) is 57.7. The third-order valence-corrected chi connectivity index (χ3v) is 10.5. The molecule has 8 aromatic carbocycles. The normalized spacial score (nSPS) is 12.3. The van der Waals surface area contributed by atoms with Crippen molar-refractivity contribution in [3.05, 3.63) is 163 Å². The summed E-state index contributed by atoms with van der Waals surface area (Å²) in [6.07, 6.45) is 0. The van der Waals surface area contributed by atoms with E-state index in [2.05, 4.69) is 171 Å². The highest BCUT2D eigenvalue weighted by Crippen LogP contribution is 2.51. The summed E-state index contributed by atoms with van der Waals surface area (Å²) < 4.78 is 6.16. The van der Waals surface area contributed by atoms with Crippen LogP contribution in [0.4, 0.5) is 17.1 Å². The number of hydrogen-bond acceptors (Lipinski definition) is 2. The van der Waals surface area contributed by atoms with Crippen LogP contribution in [0.15, 0.2) is 162 Å². The van der Waals surface area contributed by atoms with Crippen LogP contribution in [0.25, 0.3) is 76.9 Å². The SMILES string of the molecule is CC(C)(C)c1ccc(-c2ccc3cc4c(cc3c2)-c2cc3ccc(N(c5ccccc5)c5ccc6oc7ccccc7c6c5)cc3cc2-4)cc1. The molecule has 0 bridgehead atoms. The summed E-state index contributed by atoms with van der Waals surface area (Å²) >= 11 is 0. The maximum atomic E-state index is 6.16. The largest absolute Gasteiger partial charge is 0.456 e. The molecule has 0 spiro atoms. The van der Waals surface area contributed by atoms with Gasteiger partial charge < -0.3 is 9.32 Å². The van der Waals surface area contributed by atoms with Crippen molar-refractivity contribution in [1.82, 2.24) is 0 Å². The molecule has 238 valence electrons. The van der Waals surface area contributed by atoms with E-state index in [1.54, 1.807) is 0 Å². The van der Waals surface area contributed by atoms with Crippen LogP contribution in [-0.4, -0.2) is 0 Å². The molecule has 9 aromatic rings. The van der Waals surface area contributed by atoms with Gasteiger partial charge in [0.1, 0.15) is 11.2 Å². The zero-order valence-corrected chi connectivity index (χ0v) is 28.4. The molecular weight excluding hydrogens is 607 g/mol. The first-order valence-corrected chi connectivity index (χ1v) is 17.4. The van der Waals surface area contributed by atoms with Crippen LogP contribution in [0.1, 0.15) is 26.3 Å². The van der Waals surface area contributed by atoms with Gasteiger partial charge in [0.2, 0.25) is 0 Å². The Kier molecular flexibility index (Phi) is 6.17. The van der Waals surface area contributed by atoms with Crippen molar-refractivity contribution in [1.29, 1.82) is 0 Å².